The summed E-state index contributed by atoms with van der Waals surface area (Å²) in [5.41, 5.74) is 0.468. The Balaban J connectivity index is 1.85. The largest absolute Gasteiger partial charge is 0.394 e. The second-order valence-corrected chi connectivity index (χ2v) is 6.19. The van der Waals surface area contributed by atoms with Gasteiger partial charge in [0.1, 0.15) is 5.82 Å². The molecule has 0 amide bonds. The summed E-state index contributed by atoms with van der Waals surface area (Å²) >= 11 is 0. The monoisotopic (exact) mass is 294 g/mol. The van der Waals surface area contributed by atoms with Crippen LogP contribution >= 0.6 is 0 Å². The van der Waals surface area contributed by atoms with E-state index in [1.54, 1.807) is 12.1 Å². The second-order valence-electron chi connectivity index (χ2n) is 6.19. The molecule has 1 aliphatic rings. The summed E-state index contributed by atoms with van der Waals surface area (Å²) in [6, 6.07) is 7.44. The zero-order valence-corrected chi connectivity index (χ0v) is 13.1. The first-order chi connectivity index (χ1) is 10.1. The Morgan fingerprint density at radius 3 is 2.67 bits per heavy atom. The first kappa shape index (κ1) is 16.2. The number of halogens is 1. The van der Waals surface area contributed by atoms with Crippen LogP contribution in [-0.4, -0.2) is 36.9 Å². The highest BCUT2D eigenvalue weighted by molar-refractivity contribution is 5.46. The van der Waals surface area contributed by atoms with Crippen LogP contribution in [0.15, 0.2) is 24.3 Å². The minimum Gasteiger partial charge on any atom is -0.394 e. The van der Waals surface area contributed by atoms with Gasteiger partial charge in [-0.2, -0.15) is 0 Å². The summed E-state index contributed by atoms with van der Waals surface area (Å²) < 4.78 is 13.7. The molecule has 2 N–H and O–H groups in total. The Hall–Kier alpha value is -1.13. The van der Waals surface area contributed by atoms with Crippen molar-refractivity contribution in [1.29, 1.82) is 0 Å². The fourth-order valence-corrected chi connectivity index (χ4v) is 2.78. The van der Waals surface area contributed by atoms with Crippen molar-refractivity contribution in [2.45, 2.75) is 50.6 Å². The first-order valence-corrected chi connectivity index (χ1v) is 7.94. The summed E-state index contributed by atoms with van der Waals surface area (Å²) in [5, 5.41) is 13.3. The zero-order chi connectivity index (χ0) is 15.3. The van der Waals surface area contributed by atoms with Crippen LogP contribution in [0, 0.1) is 5.82 Å². The third-order valence-electron chi connectivity index (χ3n) is 4.48. The van der Waals surface area contributed by atoms with Crippen molar-refractivity contribution < 1.29 is 9.50 Å². The Labute approximate surface area is 127 Å². The molecule has 1 aromatic carbocycles. The summed E-state index contributed by atoms with van der Waals surface area (Å²) in [7, 11) is 1.92. The molecule has 1 atom stereocenters. The van der Waals surface area contributed by atoms with Gasteiger partial charge < -0.3 is 15.3 Å². The number of rotatable bonds is 9. The minimum atomic E-state index is -0.181. The van der Waals surface area contributed by atoms with E-state index in [-0.39, 0.29) is 18.0 Å². The summed E-state index contributed by atoms with van der Waals surface area (Å²) in [6.45, 7) is 3.07. The maximum atomic E-state index is 13.7. The minimum absolute atomic E-state index is 0.169. The number of anilines is 1. The van der Waals surface area contributed by atoms with E-state index in [1.807, 2.05) is 18.0 Å². The van der Waals surface area contributed by atoms with Gasteiger partial charge in [0.15, 0.2) is 0 Å². The van der Waals surface area contributed by atoms with Gasteiger partial charge in [0.05, 0.1) is 12.3 Å². The number of hydrogen-bond acceptors (Lipinski definition) is 3. The predicted octanol–water partition coefficient (Wildman–Crippen LogP) is 2.94. The van der Waals surface area contributed by atoms with Crippen molar-refractivity contribution in [3.63, 3.8) is 0 Å². The maximum absolute atomic E-state index is 13.7. The highest BCUT2D eigenvalue weighted by Crippen LogP contribution is 2.27. The SMILES string of the molecule is CCC(CO)(CCCN(C)c1ccccc1F)NC1CC1. The van der Waals surface area contributed by atoms with Gasteiger partial charge in [-0.3, -0.25) is 0 Å². The van der Waals surface area contributed by atoms with E-state index in [4.69, 9.17) is 0 Å². The molecule has 0 aromatic heterocycles. The number of hydrogen-bond donors (Lipinski definition) is 2. The van der Waals surface area contributed by atoms with Crippen LogP contribution in [0.2, 0.25) is 0 Å². The van der Waals surface area contributed by atoms with Crippen molar-refractivity contribution in [2.75, 3.05) is 25.1 Å². The number of nitrogens with zero attached hydrogens (tertiary/aromatic N) is 1. The average molecular weight is 294 g/mol. The molecule has 0 bridgehead atoms. The summed E-state index contributed by atoms with van der Waals surface area (Å²) in [5.74, 6) is -0.181. The van der Waals surface area contributed by atoms with Crippen LogP contribution in [0.3, 0.4) is 0 Å². The lowest BCUT2D eigenvalue weighted by Crippen LogP contribution is -2.49. The van der Waals surface area contributed by atoms with Crippen molar-refractivity contribution >= 4 is 5.69 Å². The molecule has 0 saturated heterocycles. The number of aliphatic hydroxyl groups excluding tert-OH is 1. The molecule has 4 heteroatoms. The van der Waals surface area contributed by atoms with Gasteiger partial charge >= 0.3 is 0 Å². The van der Waals surface area contributed by atoms with Gasteiger partial charge in [0, 0.05) is 25.2 Å². The highest BCUT2D eigenvalue weighted by Gasteiger charge is 2.33. The summed E-state index contributed by atoms with van der Waals surface area (Å²) in [6.07, 6.45) is 5.20. The van der Waals surface area contributed by atoms with E-state index in [0.29, 0.717) is 11.7 Å². The number of nitrogens with one attached hydrogen (secondary N) is 1. The van der Waals surface area contributed by atoms with E-state index in [2.05, 4.69) is 12.2 Å². The van der Waals surface area contributed by atoms with Crippen LogP contribution in [0.5, 0.6) is 0 Å². The van der Waals surface area contributed by atoms with E-state index in [1.165, 1.54) is 18.9 Å². The molecule has 1 aromatic rings. The maximum Gasteiger partial charge on any atom is 0.146 e. The zero-order valence-electron chi connectivity index (χ0n) is 13.1. The van der Waals surface area contributed by atoms with Gasteiger partial charge in [-0.1, -0.05) is 19.1 Å². The second kappa shape index (κ2) is 7.23. The lowest BCUT2D eigenvalue weighted by atomic mass is 9.91. The Morgan fingerprint density at radius 2 is 2.10 bits per heavy atom. The molecule has 2 rings (SSSR count). The molecule has 1 fully saturated rings. The van der Waals surface area contributed by atoms with Crippen LogP contribution in [-0.2, 0) is 0 Å². The molecule has 118 valence electrons. The fraction of sp³-hybridized carbons (Fsp3) is 0.647. The molecular weight excluding hydrogens is 267 g/mol. The highest BCUT2D eigenvalue weighted by atomic mass is 19.1. The smallest absolute Gasteiger partial charge is 0.146 e. The van der Waals surface area contributed by atoms with E-state index < -0.39 is 0 Å². The number of para-hydroxylation sites is 1. The van der Waals surface area contributed by atoms with Gasteiger partial charge in [-0.05, 0) is 44.2 Å². The summed E-state index contributed by atoms with van der Waals surface area (Å²) in [4.78, 5) is 1.95. The normalized spacial score (nSPS) is 17.5. The molecule has 1 aliphatic carbocycles. The van der Waals surface area contributed by atoms with Crippen molar-refractivity contribution in [3.05, 3.63) is 30.1 Å². The molecule has 0 heterocycles. The van der Waals surface area contributed by atoms with E-state index >= 15 is 0 Å². The molecular formula is C17H27FN2O. The van der Waals surface area contributed by atoms with Crippen LogP contribution < -0.4 is 10.2 Å². The first-order valence-electron chi connectivity index (χ1n) is 7.94. The van der Waals surface area contributed by atoms with Crippen LogP contribution in [0.25, 0.3) is 0 Å². The Morgan fingerprint density at radius 1 is 1.38 bits per heavy atom. The van der Waals surface area contributed by atoms with Crippen LogP contribution in [0.1, 0.15) is 39.0 Å². The van der Waals surface area contributed by atoms with Crippen molar-refractivity contribution in [1.82, 2.24) is 5.32 Å². The van der Waals surface area contributed by atoms with Gasteiger partial charge in [0.2, 0.25) is 0 Å². The van der Waals surface area contributed by atoms with Crippen LogP contribution in [0.4, 0.5) is 10.1 Å². The number of aliphatic hydroxyl groups is 1. The standard InChI is InChI=1S/C17H27FN2O/c1-3-17(13-21,19-14-9-10-14)11-6-12-20(2)16-8-5-4-7-15(16)18/h4-5,7-8,14,19,21H,3,6,9-13H2,1-2H3. The van der Waals surface area contributed by atoms with Gasteiger partial charge in [0.25, 0.3) is 0 Å². The fourth-order valence-electron chi connectivity index (χ4n) is 2.78. The van der Waals surface area contributed by atoms with Gasteiger partial charge in [-0.15, -0.1) is 0 Å². The molecule has 0 spiro atoms. The molecule has 0 radical (unpaired) electrons. The Kier molecular flexibility index (Phi) is 5.59. The molecule has 1 saturated carbocycles. The van der Waals surface area contributed by atoms with Gasteiger partial charge in [-0.25, -0.2) is 4.39 Å². The number of benzene rings is 1. The quantitative estimate of drug-likeness (QED) is 0.735. The van der Waals surface area contributed by atoms with Crippen molar-refractivity contribution in [2.24, 2.45) is 0 Å². The third kappa shape index (κ3) is 4.42. The third-order valence-corrected chi connectivity index (χ3v) is 4.48. The van der Waals surface area contributed by atoms with E-state index in [0.717, 1.165) is 25.8 Å². The lowest BCUT2D eigenvalue weighted by Gasteiger charge is -2.33. The lowest BCUT2D eigenvalue weighted by molar-refractivity contribution is 0.143. The molecule has 21 heavy (non-hydrogen) atoms. The Bertz CT molecular complexity index is 444. The molecule has 0 aliphatic heterocycles. The van der Waals surface area contributed by atoms with Crippen molar-refractivity contribution in [3.8, 4) is 0 Å². The predicted molar refractivity (Wildman–Crippen MR) is 85.2 cm³/mol. The molecule has 1 unspecified atom stereocenters. The van der Waals surface area contributed by atoms with E-state index in [9.17, 15) is 9.50 Å². The average Bonchev–Trinajstić information content (AvgIpc) is 3.30. The molecule has 3 nitrogen and oxygen atoms in total. The topological polar surface area (TPSA) is 35.5 Å².